The first-order chi connectivity index (χ1) is 14.8. The van der Waals surface area contributed by atoms with Crippen molar-refractivity contribution in [1.82, 2.24) is 19.9 Å². The van der Waals surface area contributed by atoms with Crippen molar-refractivity contribution >= 4 is 22.8 Å². The molecule has 3 aromatic rings. The molecule has 7 heteroatoms. The van der Waals surface area contributed by atoms with Gasteiger partial charge in [0.1, 0.15) is 5.60 Å². The average molecular weight is 420 g/mol. The summed E-state index contributed by atoms with van der Waals surface area (Å²) in [7, 11) is 2.13. The normalized spacial score (nSPS) is 15.7. The van der Waals surface area contributed by atoms with E-state index in [9.17, 15) is 4.79 Å². The van der Waals surface area contributed by atoms with Gasteiger partial charge in [-0.1, -0.05) is 18.2 Å². The van der Waals surface area contributed by atoms with Crippen LogP contribution in [0.3, 0.4) is 0 Å². The molecule has 1 fully saturated rings. The van der Waals surface area contributed by atoms with E-state index in [1.54, 1.807) is 12.1 Å². The number of fused-ring (bicyclic) bond motifs is 1. The van der Waals surface area contributed by atoms with Gasteiger partial charge in [-0.2, -0.15) is 0 Å². The average Bonchev–Trinajstić information content (AvgIpc) is 2.74. The summed E-state index contributed by atoms with van der Waals surface area (Å²) in [6.07, 6.45) is 1.85. The predicted octanol–water partition coefficient (Wildman–Crippen LogP) is 3.83. The molecule has 1 aliphatic heterocycles. The summed E-state index contributed by atoms with van der Waals surface area (Å²) in [4.78, 5) is 23.7. The van der Waals surface area contributed by atoms with E-state index in [0.29, 0.717) is 11.5 Å². The van der Waals surface area contributed by atoms with Crippen LogP contribution in [0.4, 0.5) is 5.95 Å². The number of hydrazine groups is 1. The van der Waals surface area contributed by atoms with Crippen LogP contribution in [0.5, 0.6) is 0 Å². The van der Waals surface area contributed by atoms with Gasteiger partial charge in [0, 0.05) is 37.8 Å². The number of piperazine rings is 1. The van der Waals surface area contributed by atoms with Gasteiger partial charge >= 0.3 is 5.97 Å². The van der Waals surface area contributed by atoms with Crippen molar-refractivity contribution < 1.29 is 9.53 Å². The topological polar surface area (TPSA) is 70.6 Å². The van der Waals surface area contributed by atoms with Gasteiger partial charge in [-0.05, 0) is 63.2 Å². The fraction of sp³-hybridized carbons (Fsp3) is 0.375. The van der Waals surface area contributed by atoms with E-state index < -0.39 is 5.60 Å². The van der Waals surface area contributed by atoms with Crippen LogP contribution in [0.25, 0.3) is 22.0 Å². The Balaban J connectivity index is 1.48. The number of anilines is 1. The molecule has 1 aromatic heterocycles. The number of hydrogen-bond donors (Lipinski definition) is 1. The summed E-state index contributed by atoms with van der Waals surface area (Å²) in [5, 5.41) is 3.12. The van der Waals surface area contributed by atoms with Gasteiger partial charge in [0.25, 0.3) is 0 Å². The van der Waals surface area contributed by atoms with Crippen LogP contribution in [0, 0.1) is 0 Å². The van der Waals surface area contributed by atoms with E-state index in [0.717, 1.165) is 48.2 Å². The number of benzene rings is 2. The molecule has 1 N–H and O–H groups in total. The first-order valence-electron chi connectivity index (χ1n) is 10.6. The van der Waals surface area contributed by atoms with E-state index in [-0.39, 0.29) is 5.97 Å². The Hall–Kier alpha value is -3.03. The Bertz CT molecular complexity index is 1070. The number of nitrogens with zero attached hydrogens (tertiary/aromatic N) is 4. The number of hydrogen-bond acceptors (Lipinski definition) is 7. The summed E-state index contributed by atoms with van der Waals surface area (Å²) in [5.41, 5.74) is 6.31. The van der Waals surface area contributed by atoms with Crippen LogP contribution in [0.1, 0.15) is 31.1 Å². The van der Waals surface area contributed by atoms with Crippen LogP contribution in [0.2, 0.25) is 0 Å². The number of nitrogens with one attached hydrogen (secondary N) is 1. The molecule has 0 spiro atoms. The van der Waals surface area contributed by atoms with Gasteiger partial charge in [-0.15, -0.1) is 0 Å². The molecule has 1 aliphatic rings. The highest BCUT2D eigenvalue weighted by Crippen LogP contribution is 2.25. The molecule has 2 heterocycles. The maximum Gasteiger partial charge on any atom is 0.338 e. The first kappa shape index (κ1) is 21.2. The van der Waals surface area contributed by atoms with Crippen LogP contribution < -0.4 is 5.43 Å². The zero-order valence-corrected chi connectivity index (χ0v) is 18.6. The summed E-state index contributed by atoms with van der Waals surface area (Å²) >= 11 is 0. The highest BCUT2D eigenvalue weighted by molar-refractivity contribution is 5.91. The van der Waals surface area contributed by atoms with Crippen LogP contribution >= 0.6 is 0 Å². The summed E-state index contributed by atoms with van der Waals surface area (Å²) in [6.45, 7) is 9.52. The second kappa shape index (κ2) is 8.61. The highest BCUT2D eigenvalue weighted by Gasteiger charge is 2.18. The van der Waals surface area contributed by atoms with Crippen LogP contribution in [0.15, 0.2) is 48.7 Å². The monoisotopic (exact) mass is 419 g/mol. The third kappa shape index (κ3) is 5.37. The molecule has 2 aromatic carbocycles. The van der Waals surface area contributed by atoms with Crippen LogP contribution in [-0.2, 0) is 4.74 Å². The minimum Gasteiger partial charge on any atom is -0.456 e. The van der Waals surface area contributed by atoms with E-state index in [4.69, 9.17) is 4.74 Å². The second-order valence-corrected chi connectivity index (χ2v) is 8.95. The van der Waals surface area contributed by atoms with E-state index in [2.05, 4.69) is 38.4 Å². The smallest absolute Gasteiger partial charge is 0.338 e. The molecule has 0 unspecified atom stereocenters. The van der Waals surface area contributed by atoms with Gasteiger partial charge in [0.15, 0.2) is 0 Å². The predicted molar refractivity (Wildman–Crippen MR) is 123 cm³/mol. The zero-order chi connectivity index (χ0) is 22.0. The van der Waals surface area contributed by atoms with Crippen LogP contribution in [-0.4, -0.2) is 64.7 Å². The fourth-order valence-electron chi connectivity index (χ4n) is 3.46. The number of likely N-dealkylation sites (N-methyl/N-ethyl adjacent to an activating group) is 1. The van der Waals surface area contributed by atoms with Crippen molar-refractivity contribution in [2.24, 2.45) is 0 Å². The van der Waals surface area contributed by atoms with Gasteiger partial charge in [0.05, 0.1) is 11.1 Å². The number of rotatable bonds is 4. The second-order valence-electron chi connectivity index (χ2n) is 8.95. The summed E-state index contributed by atoms with van der Waals surface area (Å²) in [5.74, 6) is 0.304. The molecule has 0 radical (unpaired) electrons. The number of esters is 1. The number of ether oxygens (including phenoxy) is 1. The maximum absolute atomic E-state index is 12.2. The Morgan fingerprint density at radius 1 is 1.00 bits per heavy atom. The molecule has 0 bridgehead atoms. The third-order valence-corrected chi connectivity index (χ3v) is 5.19. The Morgan fingerprint density at radius 2 is 1.68 bits per heavy atom. The number of carbonyl (C=O) groups is 1. The molecule has 7 nitrogen and oxygen atoms in total. The Morgan fingerprint density at radius 3 is 2.35 bits per heavy atom. The van der Waals surface area contributed by atoms with E-state index in [1.807, 2.05) is 51.2 Å². The largest absolute Gasteiger partial charge is 0.456 e. The van der Waals surface area contributed by atoms with Crippen molar-refractivity contribution in [3.63, 3.8) is 0 Å². The molecule has 1 saturated heterocycles. The molecule has 0 amide bonds. The highest BCUT2D eigenvalue weighted by atomic mass is 16.6. The molecule has 0 saturated carbocycles. The van der Waals surface area contributed by atoms with Gasteiger partial charge in [0.2, 0.25) is 5.95 Å². The SMILES string of the molecule is CN1CCN(Nc2ncc3cc(-c4ccc(C(=O)OC(C)(C)C)cc4)ccc3n2)CC1. The minimum atomic E-state index is -0.508. The lowest BCUT2D eigenvalue weighted by molar-refractivity contribution is 0.00695. The Kier molecular flexibility index (Phi) is 5.89. The van der Waals surface area contributed by atoms with Crippen molar-refractivity contribution in [3.8, 4) is 11.1 Å². The Labute approximate surface area is 183 Å². The first-order valence-corrected chi connectivity index (χ1v) is 10.6. The lowest BCUT2D eigenvalue weighted by atomic mass is 10.0. The van der Waals surface area contributed by atoms with Crippen molar-refractivity contribution in [3.05, 3.63) is 54.2 Å². The lowest BCUT2D eigenvalue weighted by Crippen LogP contribution is -2.47. The van der Waals surface area contributed by atoms with E-state index in [1.165, 1.54) is 0 Å². The molecule has 0 aliphatic carbocycles. The van der Waals surface area contributed by atoms with Crippen molar-refractivity contribution in [2.45, 2.75) is 26.4 Å². The summed E-state index contributed by atoms with van der Waals surface area (Å²) in [6, 6.07) is 13.6. The molecule has 162 valence electrons. The zero-order valence-electron chi connectivity index (χ0n) is 18.6. The quantitative estimate of drug-likeness (QED) is 0.645. The standard InChI is InChI=1S/C24H29N5O2/c1-24(2,3)31-22(30)18-7-5-17(6-8-18)19-9-10-21-20(15-19)16-25-23(26-21)27-29-13-11-28(4)12-14-29/h5-10,15-16H,11-14H2,1-4H3,(H,25,26,27). The summed E-state index contributed by atoms with van der Waals surface area (Å²) < 4.78 is 5.43. The maximum atomic E-state index is 12.2. The molecular weight excluding hydrogens is 390 g/mol. The molecule has 31 heavy (non-hydrogen) atoms. The number of carbonyl (C=O) groups excluding carboxylic acids is 1. The lowest BCUT2D eigenvalue weighted by Gasteiger charge is -2.32. The third-order valence-electron chi connectivity index (χ3n) is 5.19. The van der Waals surface area contributed by atoms with Gasteiger partial charge < -0.3 is 9.64 Å². The van der Waals surface area contributed by atoms with Crippen molar-refractivity contribution in [2.75, 3.05) is 38.7 Å². The van der Waals surface area contributed by atoms with Crippen molar-refractivity contribution in [1.29, 1.82) is 0 Å². The minimum absolute atomic E-state index is 0.314. The van der Waals surface area contributed by atoms with Gasteiger partial charge in [-0.3, -0.25) is 5.43 Å². The van der Waals surface area contributed by atoms with Gasteiger partial charge in [-0.25, -0.2) is 19.8 Å². The molecule has 0 atom stereocenters. The molecule has 4 rings (SSSR count). The number of aromatic nitrogens is 2. The molecular formula is C24H29N5O2. The fourth-order valence-corrected chi connectivity index (χ4v) is 3.46. The van der Waals surface area contributed by atoms with E-state index >= 15 is 0 Å².